The van der Waals surface area contributed by atoms with Crippen LogP contribution < -0.4 is 0 Å². The van der Waals surface area contributed by atoms with Crippen LogP contribution >= 0.6 is 30.6 Å². The second-order valence-electron chi connectivity index (χ2n) is 11.1. The normalized spacial score (nSPS) is 16.1. The highest BCUT2D eigenvalue weighted by molar-refractivity contribution is 9.26. The lowest BCUT2D eigenvalue weighted by atomic mass is 10.2. The van der Waals surface area contributed by atoms with Crippen molar-refractivity contribution in [3.63, 3.8) is 0 Å². The quantitative estimate of drug-likeness (QED) is 0.284. The summed E-state index contributed by atoms with van der Waals surface area (Å²) in [5, 5.41) is 1.46. The smallest absolute Gasteiger partial charge is 0.125 e. The molecular weight excluding hydrogens is 432 g/mol. The molecule has 0 N–H and O–H groups in total. The third-order valence-electron chi connectivity index (χ3n) is 5.57. The molecule has 0 atom stereocenters. The summed E-state index contributed by atoms with van der Waals surface area (Å²) in [7, 11) is 0. The Morgan fingerprint density at radius 1 is 0.455 bits per heavy atom. The van der Waals surface area contributed by atoms with Crippen molar-refractivity contribution in [3.8, 4) is 0 Å². The highest BCUT2D eigenvalue weighted by atomic mass is 79.9. The van der Waals surface area contributed by atoms with E-state index in [0.29, 0.717) is 20.2 Å². The molecule has 0 unspecified atom stereocenters. The Labute approximate surface area is 158 Å². The Bertz CT molecular complexity index is 310. The van der Waals surface area contributed by atoms with Gasteiger partial charge in [0.15, 0.2) is 0 Å². The fraction of sp³-hybridized carbons (Fsp3) is 1.00. The van der Waals surface area contributed by atoms with E-state index in [0.717, 1.165) is 0 Å². The molecule has 134 valence electrons. The van der Waals surface area contributed by atoms with Crippen LogP contribution in [0.25, 0.3) is 0 Å². The molecule has 4 heteroatoms. The molecule has 0 aromatic rings. The lowest BCUT2D eigenvalue weighted by Crippen LogP contribution is -2.51. The first-order valence-electron chi connectivity index (χ1n) is 8.59. The van der Waals surface area contributed by atoms with E-state index in [1.165, 1.54) is 12.1 Å². The first-order valence-corrected chi connectivity index (χ1v) is 17.5. The van der Waals surface area contributed by atoms with E-state index >= 15 is 0 Å². The predicted octanol–water partition coefficient (Wildman–Crippen LogP) is 8.87. The Morgan fingerprint density at radius 3 is 0.682 bits per heavy atom. The SMILES string of the molecule is CC(C)(C)[Si](Br)(CC[Si](Br)(C(C)(C)C)C(C)(C)C)C(C)(C)C. The molecule has 22 heavy (non-hydrogen) atoms. The van der Waals surface area contributed by atoms with Crippen molar-refractivity contribution in [1.82, 2.24) is 0 Å². The van der Waals surface area contributed by atoms with Gasteiger partial charge in [-0.25, -0.2) is 0 Å². The number of hydrogen-bond acceptors (Lipinski definition) is 0. The highest BCUT2D eigenvalue weighted by Crippen LogP contribution is 2.62. The van der Waals surface area contributed by atoms with Crippen LogP contribution in [0.15, 0.2) is 0 Å². The molecule has 0 amide bonds. The van der Waals surface area contributed by atoms with Gasteiger partial charge in [0.2, 0.25) is 0 Å². The van der Waals surface area contributed by atoms with Crippen molar-refractivity contribution in [2.45, 2.75) is 115 Å². The van der Waals surface area contributed by atoms with Gasteiger partial charge in [-0.05, 0) is 32.2 Å². The zero-order valence-electron chi connectivity index (χ0n) is 17.2. The first kappa shape index (κ1) is 23.4. The molecule has 0 heterocycles. The average molecular weight is 472 g/mol. The minimum atomic E-state index is -1.60. The molecule has 0 nitrogen and oxygen atoms in total. The van der Waals surface area contributed by atoms with Crippen LogP contribution in [0, 0.1) is 0 Å². The number of halogens is 2. The summed E-state index contributed by atoms with van der Waals surface area (Å²) in [6.07, 6.45) is 0. The summed E-state index contributed by atoms with van der Waals surface area (Å²) in [6, 6.07) is 2.71. The minimum Gasteiger partial charge on any atom is -0.125 e. The summed E-state index contributed by atoms with van der Waals surface area (Å²) in [4.78, 5) is 0. The lowest BCUT2D eigenvalue weighted by Gasteiger charge is -2.52. The van der Waals surface area contributed by atoms with Crippen molar-refractivity contribution >= 4 is 44.0 Å². The summed E-state index contributed by atoms with van der Waals surface area (Å²) in [6.45, 7) is 26.0. The largest absolute Gasteiger partial charge is 0.140 e. The van der Waals surface area contributed by atoms with Gasteiger partial charge in [-0.1, -0.05) is 83.1 Å². The molecule has 0 radical (unpaired) electrons. The molecule has 0 aliphatic heterocycles. The molecule has 0 saturated carbocycles. The topological polar surface area (TPSA) is 0 Å². The summed E-state index contributed by atoms with van der Waals surface area (Å²) >= 11 is 8.71. The molecular formula is C18H40Br2Si2. The maximum atomic E-state index is 4.35. The summed E-state index contributed by atoms with van der Waals surface area (Å²) in [5.41, 5.74) is 0. The lowest BCUT2D eigenvalue weighted by molar-refractivity contribution is 0.616. The minimum absolute atomic E-state index is 0.364. The van der Waals surface area contributed by atoms with Crippen molar-refractivity contribution in [3.05, 3.63) is 0 Å². The molecule has 0 aliphatic rings. The van der Waals surface area contributed by atoms with Gasteiger partial charge in [-0.2, -0.15) is 0 Å². The van der Waals surface area contributed by atoms with E-state index in [1.54, 1.807) is 0 Å². The van der Waals surface area contributed by atoms with Crippen LogP contribution in [0.1, 0.15) is 83.1 Å². The number of hydrogen-bond donors (Lipinski definition) is 0. The van der Waals surface area contributed by atoms with Gasteiger partial charge in [0.05, 0.1) is 0 Å². The standard InChI is InChI=1S/C18H40Br2Si2/c1-15(2,3)21(19,16(4,5)6)13-14-22(20,17(7,8)9)18(10,11)12/h13-14H2,1-12H3. The Morgan fingerprint density at radius 2 is 0.591 bits per heavy atom. The molecule has 0 fully saturated rings. The second-order valence-corrected chi connectivity index (χ2v) is 29.4. The Hall–Kier alpha value is 1.39. The molecule has 0 saturated heterocycles. The van der Waals surface area contributed by atoms with Crippen molar-refractivity contribution < 1.29 is 0 Å². The van der Waals surface area contributed by atoms with E-state index in [4.69, 9.17) is 0 Å². The van der Waals surface area contributed by atoms with Crippen molar-refractivity contribution in [2.24, 2.45) is 0 Å². The van der Waals surface area contributed by atoms with Crippen LogP contribution in [-0.4, -0.2) is 13.4 Å². The zero-order chi connectivity index (χ0) is 18.4. The van der Waals surface area contributed by atoms with Crippen LogP contribution in [0.5, 0.6) is 0 Å². The van der Waals surface area contributed by atoms with Gasteiger partial charge in [0.25, 0.3) is 0 Å². The van der Waals surface area contributed by atoms with Gasteiger partial charge in [0.1, 0.15) is 13.4 Å². The Kier molecular flexibility index (Phi) is 7.02. The zero-order valence-corrected chi connectivity index (χ0v) is 22.3. The molecule has 0 bridgehead atoms. The maximum Gasteiger partial charge on any atom is 0.140 e. The van der Waals surface area contributed by atoms with E-state index in [1.807, 2.05) is 0 Å². The molecule has 0 aromatic heterocycles. The van der Waals surface area contributed by atoms with Gasteiger partial charge in [-0.3, -0.25) is 0 Å². The van der Waals surface area contributed by atoms with E-state index in [9.17, 15) is 0 Å². The predicted molar refractivity (Wildman–Crippen MR) is 118 cm³/mol. The fourth-order valence-corrected chi connectivity index (χ4v) is 17.9. The van der Waals surface area contributed by atoms with Gasteiger partial charge >= 0.3 is 0 Å². The molecule has 0 aromatic carbocycles. The number of rotatable bonds is 3. The molecule has 0 spiro atoms. The first-order chi connectivity index (χ1) is 9.21. The maximum absolute atomic E-state index is 4.35. The van der Waals surface area contributed by atoms with E-state index < -0.39 is 13.4 Å². The average Bonchev–Trinajstić information content (AvgIpc) is 2.18. The summed E-state index contributed by atoms with van der Waals surface area (Å²) < 4.78 is 0. The van der Waals surface area contributed by atoms with Crippen molar-refractivity contribution in [2.75, 3.05) is 0 Å². The van der Waals surface area contributed by atoms with Crippen LogP contribution in [0.2, 0.25) is 32.2 Å². The van der Waals surface area contributed by atoms with Gasteiger partial charge < -0.3 is 0 Å². The van der Waals surface area contributed by atoms with Crippen LogP contribution in [-0.2, 0) is 0 Å². The van der Waals surface area contributed by atoms with Crippen LogP contribution in [0.3, 0.4) is 0 Å². The highest BCUT2D eigenvalue weighted by Gasteiger charge is 2.56. The van der Waals surface area contributed by atoms with E-state index in [-0.39, 0.29) is 0 Å². The summed E-state index contributed by atoms with van der Waals surface area (Å²) in [5.74, 6) is 0. The Balaban J connectivity index is 5.72. The van der Waals surface area contributed by atoms with E-state index in [2.05, 4.69) is 114 Å². The molecule has 0 rings (SSSR count). The van der Waals surface area contributed by atoms with Gasteiger partial charge in [0, 0.05) is 0 Å². The third-order valence-corrected chi connectivity index (χ3v) is 34.1. The molecule has 0 aliphatic carbocycles. The van der Waals surface area contributed by atoms with Gasteiger partial charge in [-0.15, -0.1) is 30.6 Å². The second kappa shape index (κ2) is 6.60. The third kappa shape index (κ3) is 4.51. The fourth-order valence-electron chi connectivity index (χ4n) is 4.09. The van der Waals surface area contributed by atoms with Crippen LogP contribution in [0.4, 0.5) is 0 Å². The van der Waals surface area contributed by atoms with Crippen molar-refractivity contribution in [1.29, 1.82) is 0 Å². The monoisotopic (exact) mass is 470 g/mol.